The van der Waals surface area contributed by atoms with Crippen molar-refractivity contribution in [3.63, 3.8) is 0 Å². The molecule has 1 aromatic carbocycles. The third-order valence-corrected chi connectivity index (χ3v) is 7.22. The lowest BCUT2D eigenvalue weighted by atomic mass is 9.98. The topological polar surface area (TPSA) is 46.6 Å². The first-order chi connectivity index (χ1) is 11.0. The number of fused-ring (bicyclic) bond motifs is 2. The average Bonchev–Trinajstić information content (AvgIpc) is 3.33. The van der Waals surface area contributed by atoms with Crippen molar-refractivity contribution in [2.24, 2.45) is 0 Å². The van der Waals surface area contributed by atoms with Gasteiger partial charge in [0.2, 0.25) is 10.0 Å². The van der Waals surface area contributed by atoms with Crippen molar-refractivity contribution in [2.75, 3.05) is 7.11 Å². The highest BCUT2D eigenvalue weighted by molar-refractivity contribution is 7.89. The van der Waals surface area contributed by atoms with Crippen molar-refractivity contribution in [1.82, 2.24) is 4.31 Å². The molecule has 0 N–H and O–H groups in total. The largest absolute Gasteiger partial charge is 0.495 e. The van der Waals surface area contributed by atoms with Gasteiger partial charge in [0, 0.05) is 12.1 Å². The van der Waals surface area contributed by atoms with Gasteiger partial charge < -0.3 is 4.74 Å². The van der Waals surface area contributed by atoms with Gasteiger partial charge in [0.25, 0.3) is 0 Å². The van der Waals surface area contributed by atoms with Crippen LogP contribution in [0.2, 0.25) is 0 Å². The molecule has 2 unspecified atom stereocenters. The van der Waals surface area contributed by atoms with Crippen LogP contribution >= 0.6 is 0 Å². The molecular weight excluding hydrogens is 317 g/mol. The van der Waals surface area contributed by atoms with Crippen LogP contribution in [0.5, 0.6) is 5.75 Å². The Hall–Kier alpha value is -1.40. The molecule has 6 heteroatoms. The maximum absolute atomic E-state index is 13.6. The maximum Gasteiger partial charge on any atom is 0.247 e. The van der Waals surface area contributed by atoms with Crippen LogP contribution in [0.25, 0.3) is 0 Å². The summed E-state index contributed by atoms with van der Waals surface area (Å²) in [5.74, 6) is -0.355. The van der Waals surface area contributed by atoms with Gasteiger partial charge in [0.15, 0.2) is 0 Å². The number of allylic oxidation sites excluding steroid dienone is 1. The van der Waals surface area contributed by atoms with Crippen molar-refractivity contribution in [3.8, 4) is 5.75 Å². The van der Waals surface area contributed by atoms with Gasteiger partial charge in [-0.3, -0.25) is 0 Å². The summed E-state index contributed by atoms with van der Waals surface area (Å²) in [5.41, 5.74) is 3.00. The number of nitrogens with zero attached hydrogens (tertiary/aromatic N) is 1. The highest BCUT2D eigenvalue weighted by atomic mass is 32.2. The lowest BCUT2D eigenvalue weighted by Gasteiger charge is -2.35. The minimum absolute atomic E-state index is 0.00910. The van der Waals surface area contributed by atoms with E-state index in [1.54, 1.807) is 4.31 Å². The second-order valence-electron chi connectivity index (χ2n) is 6.63. The highest BCUT2D eigenvalue weighted by Crippen LogP contribution is 2.47. The van der Waals surface area contributed by atoms with Gasteiger partial charge in [0.05, 0.1) is 7.11 Å². The Morgan fingerprint density at radius 2 is 1.78 bits per heavy atom. The van der Waals surface area contributed by atoms with E-state index in [1.165, 1.54) is 43.2 Å². The molecule has 2 bridgehead atoms. The van der Waals surface area contributed by atoms with Gasteiger partial charge in [-0.2, -0.15) is 4.31 Å². The van der Waals surface area contributed by atoms with Crippen molar-refractivity contribution >= 4 is 10.0 Å². The second-order valence-corrected chi connectivity index (χ2v) is 8.44. The Bertz CT molecular complexity index is 765. The smallest absolute Gasteiger partial charge is 0.247 e. The van der Waals surface area contributed by atoms with E-state index in [0.717, 1.165) is 31.7 Å². The Morgan fingerprint density at radius 1 is 1.13 bits per heavy atom. The summed E-state index contributed by atoms with van der Waals surface area (Å²) in [6, 6.07) is 3.69. The molecule has 4 nitrogen and oxygen atoms in total. The molecule has 124 valence electrons. The summed E-state index contributed by atoms with van der Waals surface area (Å²) in [6.07, 6.45) is 5.81. The van der Waals surface area contributed by atoms with E-state index >= 15 is 0 Å². The zero-order valence-corrected chi connectivity index (χ0v) is 13.9. The van der Waals surface area contributed by atoms with Crippen molar-refractivity contribution in [1.29, 1.82) is 0 Å². The molecule has 0 radical (unpaired) electrons. The number of halogens is 1. The summed E-state index contributed by atoms with van der Waals surface area (Å²) in [7, 11) is -2.34. The molecule has 23 heavy (non-hydrogen) atoms. The number of rotatable bonds is 3. The standard InChI is InChI=1S/C17H20FNO3S/c1-22-16-7-4-13(18)10-17(16)23(20,21)19-14-5-6-15(19)9-12(8-14)11-2-3-11/h4,7,10,14-15H,2-3,5-6,8-9H2,1H3. The van der Waals surface area contributed by atoms with E-state index in [4.69, 9.17) is 4.74 Å². The summed E-state index contributed by atoms with van der Waals surface area (Å²) >= 11 is 0. The number of piperidine rings is 1. The van der Waals surface area contributed by atoms with E-state index < -0.39 is 15.8 Å². The second kappa shape index (κ2) is 5.31. The van der Waals surface area contributed by atoms with Crippen LogP contribution in [0.1, 0.15) is 38.5 Å². The monoisotopic (exact) mass is 337 g/mol. The van der Waals surface area contributed by atoms with Gasteiger partial charge in [-0.25, -0.2) is 12.8 Å². The summed E-state index contributed by atoms with van der Waals surface area (Å²) in [6.45, 7) is 0. The van der Waals surface area contributed by atoms with Gasteiger partial charge in [0.1, 0.15) is 16.5 Å². The molecule has 1 saturated carbocycles. The fraction of sp³-hybridized carbons (Fsp3) is 0.529. The van der Waals surface area contributed by atoms with E-state index in [1.807, 2.05) is 0 Å². The third kappa shape index (κ3) is 2.48. The maximum atomic E-state index is 13.6. The van der Waals surface area contributed by atoms with Crippen LogP contribution in [0, 0.1) is 5.82 Å². The Balaban J connectivity index is 1.73. The van der Waals surface area contributed by atoms with Gasteiger partial charge >= 0.3 is 0 Å². The average molecular weight is 337 g/mol. The van der Waals surface area contributed by atoms with Crippen molar-refractivity contribution in [3.05, 3.63) is 35.2 Å². The van der Waals surface area contributed by atoms with Gasteiger partial charge in [-0.15, -0.1) is 0 Å². The van der Waals surface area contributed by atoms with Crippen LogP contribution in [0.4, 0.5) is 4.39 Å². The Morgan fingerprint density at radius 3 is 2.35 bits per heavy atom. The molecule has 2 atom stereocenters. The summed E-state index contributed by atoms with van der Waals surface area (Å²) in [5, 5.41) is 0. The van der Waals surface area contributed by atoms with Crippen LogP contribution in [-0.2, 0) is 10.0 Å². The predicted molar refractivity (Wildman–Crippen MR) is 84.3 cm³/mol. The normalized spacial score (nSPS) is 27.4. The van der Waals surface area contributed by atoms with Crippen LogP contribution < -0.4 is 4.74 Å². The molecule has 0 aromatic heterocycles. The first kappa shape index (κ1) is 15.1. The molecule has 2 saturated heterocycles. The SMILES string of the molecule is COc1ccc(F)cc1S(=O)(=O)N1C2CCC1CC(=C1CC1)C2. The summed E-state index contributed by atoms with van der Waals surface area (Å²) < 4.78 is 46.7. The van der Waals surface area contributed by atoms with Crippen molar-refractivity contribution < 1.29 is 17.5 Å². The molecule has 0 spiro atoms. The molecule has 4 rings (SSSR count). The zero-order valence-electron chi connectivity index (χ0n) is 13.1. The Kier molecular flexibility index (Phi) is 3.50. The van der Waals surface area contributed by atoms with Crippen LogP contribution in [0.3, 0.4) is 0 Å². The molecule has 1 aromatic rings. The fourth-order valence-electron chi connectivity index (χ4n) is 4.04. The van der Waals surface area contributed by atoms with E-state index in [-0.39, 0.29) is 22.7 Å². The third-order valence-electron chi connectivity index (χ3n) is 5.20. The fourth-order valence-corrected chi connectivity index (χ4v) is 6.08. The number of sulfonamides is 1. The summed E-state index contributed by atoms with van der Waals surface area (Å²) in [4.78, 5) is -0.0561. The lowest BCUT2D eigenvalue weighted by Crippen LogP contribution is -2.44. The molecule has 2 aliphatic heterocycles. The molecule has 0 amide bonds. The first-order valence-corrected chi connectivity index (χ1v) is 9.51. The minimum atomic E-state index is -3.75. The van der Waals surface area contributed by atoms with E-state index in [9.17, 15) is 12.8 Å². The predicted octanol–water partition coefficient (Wildman–Crippen LogP) is 3.24. The number of hydrogen-bond donors (Lipinski definition) is 0. The number of ether oxygens (including phenoxy) is 1. The number of hydrogen-bond acceptors (Lipinski definition) is 3. The van der Waals surface area contributed by atoms with Gasteiger partial charge in [-0.1, -0.05) is 11.1 Å². The van der Waals surface area contributed by atoms with Gasteiger partial charge in [-0.05, 0) is 56.7 Å². The van der Waals surface area contributed by atoms with E-state index in [2.05, 4.69) is 0 Å². The molecule has 2 heterocycles. The molecule has 1 aliphatic carbocycles. The van der Waals surface area contributed by atoms with Crippen LogP contribution in [0.15, 0.2) is 34.2 Å². The quantitative estimate of drug-likeness (QED) is 0.796. The Labute approximate surface area is 136 Å². The highest BCUT2D eigenvalue weighted by Gasteiger charge is 2.47. The first-order valence-electron chi connectivity index (χ1n) is 8.07. The van der Waals surface area contributed by atoms with E-state index in [0.29, 0.717) is 0 Å². The minimum Gasteiger partial charge on any atom is -0.495 e. The number of benzene rings is 1. The zero-order chi connectivity index (χ0) is 16.2. The lowest BCUT2D eigenvalue weighted by molar-refractivity contribution is 0.283. The molecular formula is C17H20FNO3S. The number of methoxy groups -OCH3 is 1. The molecule has 3 fully saturated rings. The molecule has 3 aliphatic rings. The van der Waals surface area contributed by atoms with Crippen LogP contribution in [-0.4, -0.2) is 31.9 Å². The van der Waals surface area contributed by atoms with Crippen molar-refractivity contribution in [2.45, 2.75) is 55.5 Å².